The highest BCUT2D eigenvalue weighted by atomic mass is 19.1. The molecule has 28 heavy (non-hydrogen) atoms. The van der Waals surface area contributed by atoms with E-state index in [9.17, 15) is 14.0 Å². The zero-order valence-electron chi connectivity index (χ0n) is 16.5. The molecule has 7 nitrogen and oxygen atoms in total. The summed E-state index contributed by atoms with van der Waals surface area (Å²) in [6.07, 6.45) is 0. The van der Waals surface area contributed by atoms with Gasteiger partial charge in [0.05, 0.1) is 26.3 Å². The number of hydrogen-bond acceptors (Lipinski definition) is 5. The molecule has 0 spiro atoms. The van der Waals surface area contributed by atoms with Crippen LogP contribution in [0, 0.1) is 12.7 Å². The Balaban J connectivity index is 1.35. The zero-order chi connectivity index (χ0) is 19.9. The van der Waals surface area contributed by atoms with Gasteiger partial charge in [-0.1, -0.05) is 12.1 Å². The first-order valence-electron chi connectivity index (χ1n) is 9.83. The van der Waals surface area contributed by atoms with Crippen molar-refractivity contribution < 1.29 is 18.7 Å². The first-order chi connectivity index (χ1) is 13.5. The van der Waals surface area contributed by atoms with Gasteiger partial charge in [-0.3, -0.25) is 19.4 Å². The van der Waals surface area contributed by atoms with E-state index < -0.39 is 0 Å². The lowest BCUT2D eigenvalue weighted by Crippen LogP contribution is -2.53. The van der Waals surface area contributed by atoms with E-state index in [4.69, 9.17) is 4.74 Å². The molecule has 2 amide bonds. The number of amides is 2. The molecule has 0 aromatic heterocycles. The second-order valence-electron chi connectivity index (χ2n) is 7.41. The van der Waals surface area contributed by atoms with E-state index in [1.54, 1.807) is 19.1 Å². The van der Waals surface area contributed by atoms with Gasteiger partial charge >= 0.3 is 0 Å². The fourth-order valence-electron chi connectivity index (χ4n) is 3.48. The number of rotatable bonds is 6. The third-order valence-electron chi connectivity index (χ3n) is 5.27. The second-order valence-corrected chi connectivity index (χ2v) is 7.41. The van der Waals surface area contributed by atoms with Gasteiger partial charge in [-0.2, -0.15) is 0 Å². The van der Waals surface area contributed by atoms with E-state index in [0.29, 0.717) is 64.6 Å². The van der Waals surface area contributed by atoms with E-state index in [1.165, 1.54) is 6.07 Å². The Morgan fingerprint density at radius 2 is 1.71 bits per heavy atom. The van der Waals surface area contributed by atoms with E-state index >= 15 is 0 Å². The maximum absolute atomic E-state index is 13.3. The lowest BCUT2D eigenvalue weighted by atomic mass is 10.1. The average Bonchev–Trinajstić information content (AvgIpc) is 2.70. The largest absolute Gasteiger partial charge is 0.379 e. The minimum Gasteiger partial charge on any atom is -0.379 e. The first kappa shape index (κ1) is 20.7. The van der Waals surface area contributed by atoms with Crippen molar-refractivity contribution in [1.82, 2.24) is 20.0 Å². The smallest absolute Gasteiger partial charge is 0.236 e. The average molecular weight is 392 g/mol. The maximum Gasteiger partial charge on any atom is 0.236 e. The van der Waals surface area contributed by atoms with Gasteiger partial charge in [0.2, 0.25) is 11.8 Å². The van der Waals surface area contributed by atoms with Gasteiger partial charge in [0.15, 0.2) is 0 Å². The van der Waals surface area contributed by atoms with Gasteiger partial charge in [-0.15, -0.1) is 0 Å². The molecule has 2 aliphatic rings. The first-order valence-corrected chi connectivity index (χ1v) is 9.83. The Morgan fingerprint density at radius 1 is 1.04 bits per heavy atom. The second kappa shape index (κ2) is 9.95. The predicted octanol–water partition coefficient (Wildman–Crippen LogP) is 0.227. The standard InChI is InChI=1S/C20H29FN4O3/c1-16-12-17(2-3-18(16)21)13-22-19(26)14-23-4-6-25(7-5-23)20(27)15-24-8-10-28-11-9-24/h2-3,12H,4-11,13-15H2,1H3,(H,22,26). The van der Waals surface area contributed by atoms with Crippen molar-refractivity contribution in [1.29, 1.82) is 0 Å². The summed E-state index contributed by atoms with van der Waals surface area (Å²) in [5.41, 5.74) is 1.45. The SMILES string of the molecule is Cc1cc(CNC(=O)CN2CCN(C(=O)CN3CCOCC3)CC2)ccc1F. The number of nitrogens with one attached hydrogen (secondary N) is 1. The topological polar surface area (TPSA) is 65.1 Å². The molecular weight excluding hydrogens is 363 g/mol. The van der Waals surface area contributed by atoms with Crippen molar-refractivity contribution in [2.24, 2.45) is 0 Å². The highest BCUT2D eigenvalue weighted by molar-refractivity contribution is 5.79. The molecule has 1 aromatic carbocycles. The minimum absolute atomic E-state index is 0.0601. The lowest BCUT2D eigenvalue weighted by Gasteiger charge is -2.36. The van der Waals surface area contributed by atoms with Crippen LogP contribution in [0.15, 0.2) is 18.2 Å². The molecule has 3 rings (SSSR count). The van der Waals surface area contributed by atoms with Gasteiger partial charge in [-0.25, -0.2) is 4.39 Å². The molecule has 0 bridgehead atoms. The normalized spacial score (nSPS) is 18.9. The molecular formula is C20H29FN4O3. The van der Waals surface area contributed by atoms with E-state index in [0.717, 1.165) is 18.7 Å². The molecule has 2 heterocycles. The molecule has 0 saturated carbocycles. The molecule has 0 unspecified atom stereocenters. The number of ether oxygens (including phenoxy) is 1. The predicted molar refractivity (Wildman–Crippen MR) is 103 cm³/mol. The molecule has 0 radical (unpaired) electrons. The molecule has 0 aliphatic carbocycles. The van der Waals surface area contributed by atoms with E-state index in [1.807, 2.05) is 4.90 Å². The monoisotopic (exact) mass is 392 g/mol. The number of carbonyl (C=O) groups excluding carboxylic acids is 2. The van der Waals surface area contributed by atoms with Crippen LogP contribution in [-0.2, 0) is 20.9 Å². The van der Waals surface area contributed by atoms with Crippen LogP contribution in [0.3, 0.4) is 0 Å². The molecule has 1 aromatic rings. The molecule has 2 fully saturated rings. The number of halogens is 1. The Morgan fingerprint density at radius 3 is 2.39 bits per heavy atom. The van der Waals surface area contributed by atoms with Crippen LogP contribution >= 0.6 is 0 Å². The number of aryl methyl sites for hydroxylation is 1. The lowest BCUT2D eigenvalue weighted by molar-refractivity contribution is -0.135. The van der Waals surface area contributed by atoms with Gasteiger partial charge in [0, 0.05) is 45.8 Å². The summed E-state index contributed by atoms with van der Waals surface area (Å²) in [7, 11) is 0. The summed E-state index contributed by atoms with van der Waals surface area (Å²) in [5.74, 6) is -0.149. The van der Waals surface area contributed by atoms with E-state index in [2.05, 4.69) is 15.1 Å². The summed E-state index contributed by atoms with van der Waals surface area (Å²) in [6.45, 7) is 8.52. The highest BCUT2D eigenvalue weighted by Gasteiger charge is 2.24. The molecule has 2 saturated heterocycles. The number of piperazine rings is 1. The number of nitrogens with zero attached hydrogens (tertiary/aromatic N) is 3. The number of carbonyl (C=O) groups is 2. The van der Waals surface area contributed by atoms with Gasteiger partial charge in [0.1, 0.15) is 5.82 Å². The third kappa shape index (κ3) is 5.98. The van der Waals surface area contributed by atoms with Crippen molar-refractivity contribution in [2.75, 3.05) is 65.6 Å². The highest BCUT2D eigenvalue weighted by Crippen LogP contribution is 2.09. The summed E-state index contributed by atoms with van der Waals surface area (Å²) in [6, 6.07) is 4.85. The summed E-state index contributed by atoms with van der Waals surface area (Å²) in [4.78, 5) is 30.7. The van der Waals surface area contributed by atoms with Crippen LogP contribution in [0.25, 0.3) is 0 Å². The van der Waals surface area contributed by atoms with Crippen molar-refractivity contribution >= 4 is 11.8 Å². The van der Waals surface area contributed by atoms with E-state index in [-0.39, 0.29) is 17.6 Å². The number of benzene rings is 1. The van der Waals surface area contributed by atoms with Gasteiger partial charge < -0.3 is 15.0 Å². The minimum atomic E-state index is -0.240. The molecule has 154 valence electrons. The third-order valence-corrected chi connectivity index (χ3v) is 5.27. The summed E-state index contributed by atoms with van der Waals surface area (Å²) >= 11 is 0. The quantitative estimate of drug-likeness (QED) is 0.751. The maximum atomic E-state index is 13.3. The van der Waals surface area contributed by atoms with Crippen LogP contribution < -0.4 is 5.32 Å². The van der Waals surface area contributed by atoms with Crippen molar-refractivity contribution in [3.05, 3.63) is 35.1 Å². The summed E-state index contributed by atoms with van der Waals surface area (Å²) < 4.78 is 18.6. The molecule has 2 aliphatic heterocycles. The van der Waals surface area contributed by atoms with Gasteiger partial charge in [-0.05, 0) is 24.1 Å². The van der Waals surface area contributed by atoms with Crippen LogP contribution in [0.1, 0.15) is 11.1 Å². The molecule has 1 N–H and O–H groups in total. The van der Waals surface area contributed by atoms with Crippen molar-refractivity contribution in [3.8, 4) is 0 Å². The fraction of sp³-hybridized carbons (Fsp3) is 0.600. The Kier molecular flexibility index (Phi) is 7.36. The Hall–Kier alpha value is -2.03. The zero-order valence-corrected chi connectivity index (χ0v) is 16.5. The summed E-state index contributed by atoms with van der Waals surface area (Å²) in [5, 5.41) is 2.88. The fourth-order valence-corrected chi connectivity index (χ4v) is 3.48. The number of hydrogen-bond donors (Lipinski definition) is 1. The van der Waals surface area contributed by atoms with Crippen molar-refractivity contribution in [3.63, 3.8) is 0 Å². The van der Waals surface area contributed by atoms with Crippen LogP contribution in [-0.4, -0.2) is 92.1 Å². The van der Waals surface area contributed by atoms with Gasteiger partial charge in [0.25, 0.3) is 0 Å². The molecule has 0 atom stereocenters. The van der Waals surface area contributed by atoms with Crippen LogP contribution in [0.2, 0.25) is 0 Å². The van der Waals surface area contributed by atoms with Crippen LogP contribution in [0.5, 0.6) is 0 Å². The number of morpholine rings is 1. The molecule has 8 heteroatoms. The Bertz CT molecular complexity index is 686. The van der Waals surface area contributed by atoms with Crippen LogP contribution in [0.4, 0.5) is 4.39 Å². The van der Waals surface area contributed by atoms with Crippen molar-refractivity contribution in [2.45, 2.75) is 13.5 Å². The Labute approximate surface area is 165 Å².